The highest BCUT2D eigenvalue weighted by molar-refractivity contribution is 6.12. The number of aromatic nitrogens is 2. The van der Waals surface area contributed by atoms with E-state index >= 15 is 0 Å². The Morgan fingerprint density at radius 1 is 1.28 bits per heavy atom. The second kappa shape index (κ2) is 4.83. The van der Waals surface area contributed by atoms with Gasteiger partial charge in [0, 0.05) is 23.6 Å². The summed E-state index contributed by atoms with van der Waals surface area (Å²) in [6.45, 7) is 1.89. The molecule has 2 rings (SSSR count). The summed E-state index contributed by atoms with van der Waals surface area (Å²) in [7, 11) is 1.44. The van der Waals surface area contributed by atoms with Crippen molar-refractivity contribution in [1.29, 1.82) is 0 Å². The minimum absolute atomic E-state index is 0.164. The van der Waals surface area contributed by atoms with E-state index < -0.39 is 0 Å². The molecule has 0 fully saturated rings. The van der Waals surface area contributed by atoms with E-state index in [1.54, 1.807) is 12.1 Å². The molecule has 2 aromatic rings. The van der Waals surface area contributed by atoms with Gasteiger partial charge in [-0.25, -0.2) is 9.97 Å². The Balaban J connectivity index is 2.51. The van der Waals surface area contributed by atoms with Crippen LogP contribution >= 0.6 is 0 Å². The van der Waals surface area contributed by atoms with Crippen molar-refractivity contribution < 1.29 is 9.53 Å². The molecule has 5 nitrogen and oxygen atoms in total. The third-order valence-corrected chi connectivity index (χ3v) is 2.53. The van der Waals surface area contributed by atoms with E-state index in [0.29, 0.717) is 11.3 Å². The van der Waals surface area contributed by atoms with Crippen LogP contribution in [0.3, 0.4) is 0 Å². The maximum atomic E-state index is 12.3. The van der Waals surface area contributed by atoms with Crippen LogP contribution in [0.15, 0.2) is 30.6 Å². The minimum atomic E-state index is -0.291. The predicted octanol–water partition coefficient (Wildman–Crippen LogP) is 1.61. The Hall–Kier alpha value is -2.43. The normalized spacial score (nSPS) is 10.1. The fourth-order valence-electron chi connectivity index (χ4n) is 1.62. The predicted molar refractivity (Wildman–Crippen MR) is 67.6 cm³/mol. The Kier molecular flexibility index (Phi) is 3.23. The number of carbonyl (C=O) groups excluding carboxylic acids is 1. The largest absolute Gasteiger partial charge is 0.479 e. The number of ether oxygens (including phenoxy) is 1. The van der Waals surface area contributed by atoms with Gasteiger partial charge in [-0.2, -0.15) is 0 Å². The van der Waals surface area contributed by atoms with Crippen molar-refractivity contribution in [3.05, 3.63) is 47.4 Å². The maximum absolute atomic E-state index is 12.3. The summed E-state index contributed by atoms with van der Waals surface area (Å²) in [5, 5.41) is 0. The fourth-order valence-corrected chi connectivity index (χ4v) is 1.62. The molecule has 0 aliphatic heterocycles. The van der Waals surface area contributed by atoms with Gasteiger partial charge in [-0.1, -0.05) is 11.6 Å². The first kappa shape index (κ1) is 12.0. The van der Waals surface area contributed by atoms with Crippen LogP contribution in [0.1, 0.15) is 21.6 Å². The molecule has 0 radical (unpaired) electrons. The van der Waals surface area contributed by atoms with Crippen LogP contribution in [0.25, 0.3) is 0 Å². The number of nitrogens with zero attached hydrogens (tertiary/aromatic N) is 2. The van der Waals surface area contributed by atoms with Gasteiger partial charge in [-0.3, -0.25) is 4.79 Å². The van der Waals surface area contributed by atoms with Crippen molar-refractivity contribution in [3.8, 4) is 5.88 Å². The Morgan fingerprint density at radius 2 is 2.00 bits per heavy atom. The summed E-state index contributed by atoms with van der Waals surface area (Å²) < 4.78 is 5.02. The summed E-state index contributed by atoms with van der Waals surface area (Å²) in [5.41, 5.74) is 7.75. The van der Waals surface area contributed by atoms with Crippen molar-refractivity contribution in [2.24, 2.45) is 0 Å². The third-order valence-electron chi connectivity index (χ3n) is 2.53. The second-order valence-corrected chi connectivity index (χ2v) is 3.83. The van der Waals surface area contributed by atoms with Gasteiger partial charge >= 0.3 is 0 Å². The molecule has 0 atom stereocenters. The lowest BCUT2D eigenvalue weighted by Gasteiger charge is -2.07. The average molecular weight is 243 g/mol. The molecule has 2 N–H and O–H groups in total. The first-order valence-corrected chi connectivity index (χ1v) is 5.39. The Morgan fingerprint density at radius 3 is 2.72 bits per heavy atom. The van der Waals surface area contributed by atoms with Crippen LogP contribution in [0.4, 0.5) is 5.69 Å². The van der Waals surface area contributed by atoms with Crippen molar-refractivity contribution in [2.45, 2.75) is 6.92 Å². The number of hydrogen-bond donors (Lipinski definition) is 1. The fraction of sp³-hybridized carbons (Fsp3) is 0.154. The summed E-state index contributed by atoms with van der Waals surface area (Å²) >= 11 is 0. The molecule has 0 saturated heterocycles. The number of nitrogens with two attached hydrogens (primary N) is 1. The van der Waals surface area contributed by atoms with E-state index in [1.807, 2.05) is 13.0 Å². The van der Waals surface area contributed by atoms with E-state index in [0.717, 1.165) is 5.56 Å². The van der Waals surface area contributed by atoms with E-state index in [9.17, 15) is 4.79 Å². The maximum Gasteiger partial charge on any atom is 0.243 e. The molecule has 1 aromatic heterocycles. The lowest BCUT2D eigenvalue weighted by atomic mass is 10.0. The smallest absolute Gasteiger partial charge is 0.243 e. The van der Waals surface area contributed by atoms with Gasteiger partial charge in [-0.15, -0.1) is 0 Å². The molecule has 0 aliphatic carbocycles. The molecule has 1 aromatic carbocycles. The standard InChI is InChI=1S/C13H13N3O2/c1-8-3-4-10(14)9(7-8)12(17)11-13(18-2)16-6-5-15-11/h3-7H,14H2,1-2H3. The first-order chi connectivity index (χ1) is 8.63. The van der Waals surface area contributed by atoms with E-state index in [-0.39, 0.29) is 17.4 Å². The second-order valence-electron chi connectivity index (χ2n) is 3.83. The molecule has 92 valence electrons. The van der Waals surface area contributed by atoms with Crippen LogP contribution in [0.5, 0.6) is 5.88 Å². The van der Waals surface area contributed by atoms with Crippen LogP contribution in [-0.2, 0) is 0 Å². The third kappa shape index (κ3) is 2.15. The number of methoxy groups -OCH3 is 1. The number of benzene rings is 1. The zero-order valence-electron chi connectivity index (χ0n) is 10.2. The number of rotatable bonds is 3. The summed E-state index contributed by atoms with van der Waals surface area (Å²) in [4.78, 5) is 20.3. The Labute approximate surface area is 105 Å². The lowest BCUT2D eigenvalue weighted by Crippen LogP contribution is -2.10. The van der Waals surface area contributed by atoms with Crippen molar-refractivity contribution in [3.63, 3.8) is 0 Å². The zero-order chi connectivity index (χ0) is 13.1. The molecule has 0 saturated carbocycles. The number of carbonyl (C=O) groups is 1. The number of ketones is 1. The van der Waals surface area contributed by atoms with Crippen LogP contribution < -0.4 is 10.5 Å². The highest BCUT2D eigenvalue weighted by Crippen LogP contribution is 2.21. The van der Waals surface area contributed by atoms with Crippen molar-refractivity contribution >= 4 is 11.5 Å². The van der Waals surface area contributed by atoms with Gasteiger partial charge in [-0.05, 0) is 19.1 Å². The van der Waals surface area contributed by atoms with Gasteiger partial charge in [0.05, 0.1) is 7.11 Å². The van der Waals surface area contributed by atoms with E-state index in [1.165, 1.54) is 19.5 Å². The van der Waals surface area contributed by atoms with Crippen LogP contribution in [0, 0.1) is 6.92 Å². The number of hydrogen-bond acceptors (Lipinski definition) is 5. The summed E-state index contributed by atoms with van der Waals surface area (Å²) in [6, 6.07) is 5.28. The molecule has 1 heterocycles. The molecule has 5 heteroatoms. The lowest BCUT2D eigenvalue weighted by molar-refractivity contribution is 0.103. The average Bonchev–Trinajstić information content (AvgIpc) is 2.40. The number of anilines is 1. The highest BCUT2D eigenvalue weighted by atomic mass is 16.5. The summed E-state index contributed by atoms with van der Waals surface area (Å²) in [6.07, 6.45) is 2.91. The molecule has 0 aliphatic rings. The molecule has 0 spiro atoms. The van der Waals surface area contributed by atoms with Crippen LogP contribution in [0.2, 0.25) is 0 Å². The van der Waals surface area contributed by atoms with Crippen molar-refractivity contribution in [2.75, 3.05) is 12.8 Å². The van der Waals surface area contributed by atoms with E-state index in [4.69, 9.17) is 10.5 Å². The Bertz CT molecular complexity index is 597. The van der Waals surface area contributed by atoms with Gasteiger partial charge < -0.3 is 10.5 Å². The first-order valence-electron chi connectivity index (χ1n) is 5.39. The monoisotopic (exact) mass is 243 g/mol. The van der Waals surface area contributed by atoms with E-state index in [2.05, 4.69) is 9.97 Å². The highest BCUT2D eigenvalue weighted by Gasteiger charge is 2.19. The molecular formula is C13H13N3O2. The van der Waals surface area contributed by atoms with Gasteiger partial charge in [0.1, 0.15) is 0 Å². The minimum Gasteiger partial charge on any atom is -0.479 e. The molecule has 0 amide bonds. The SMILES string of the molecule is COc1nccnc1C(=O)c1cc(C)ccc1N. The van der Waals surface area contributed by atoms with Crippen LogP contribution in [-0.4, -0.2) is 22.9 Å². The van der Waals surface area contributed by atoms with Gasteiger partial charge in [0.15, 0.2) is 5.69 Å². The van der Waals surface area contributed by atoms with Gasteiger partial charge in [0.25, 0.3) is 0 Å². The number of nitrogen functional groups attached to an aromatic ring is 1. The quantitative estimate of drug-likeness (QED) is 0.654. The molecule has 0 unspecified atom stereocenters. The topological polar surface area (TPSA) is 78.1 Å². The molecular weight excluding hydrogens is 230 g/mol. The molecule has 18 heavy (non-hydrogen) atoms. The number of aryl methyl sites for hydroxylation is 1. The summed E-state index contributed by atoms with van der Waals surface area (Å²) in [5.74, 6) is -0.0930. The van der Waals surface area contributed by atoms with Gasteiger partial charge in [0.2, 0.25) is 11.7 Å². The van der Waals surface area contributed by atoms with Crippen molar-refractivity contribution in [1.82, 2.24) is 9.97 Å². The molecule has 0 bridgehead atoms. The zero-order valence-corrected chi connectivity index (χ0v) is 10.2.